The molecule has 1 aliphatic heterocycles. The quantitative estimate of drug-likeness (QED) is 0.396. The van der Waals surface area contributed by atoms with E-state index in [0.717, 1.165) is 0 Å². The van der Waals surface area contributed by atoms with Crippen molar-refractivity contribution in [1.29, 1.82) is 0 Å². The van der Waals surface area contributed by atoms with Gasteiger partial charge in [-0.05, 0) is 20.1 Å². The highest BCUT2D eigenvalue weighted by atomic mass is 15.1. The number of rotatable bonds is 0. The lowest BCUT2D eigenvalue weighted by Gasteiger charge is -2.20. The monoisotopic (exact) mass is 96.1 g/mol. The average molecular weight is 96.0 g/mol. The molecule has 1 nitrogen and oxygen atoms in total. The molecular formula is C5H11BN. The molecule has 0 unspecified atom stereocenters. The highest BCUT2D eigenvalue weighted by Gasteiger charge is 2.03. The second-order valence-corrected chi connectivity index (χ2v) is 2.17. The van der Waals surface area contributed by atoms with Crippen LogP contribution < -0.4 is 0 Å². The summed E-state index contributed by atoms with van der Waals surface area (Å²) in [5.41, 5.74) is 0. The minimum Gasteiger partial charge on any atom is -0.308 e. The Balaban J connectivity index is 2.12. The van der Waals surface area contributed by atoms with Crippen molar-refractivity contribution in [1.82, 2.24) is 4.90 Å². The van der Waals surface area contributed by atoms with Crippen LogP contribution in [0.4, 0.5) is 0 Å². The molecule has 0 aliphatic carbocycles. The topological polar surface area (TPSA) is 3.24 Å². The lowest BCUT2D eigenvalue weighted by molar-refractivity contribution is 0.360. The maximum atomic E-state index is 2.36. The Morgan fingerprint density at radius 2 is 1.86 bits per heavy atom. The average Bonchev–Trinajstić information content (AvgIpc) is 1.69. The van der Waals surface area contributed by atoms with Crippen LogP contribution in [0.1, 0.15) is 0 Å². The van der Waals surface area contributed by atoms with E-state index in [1.165, 1.54) is 25.7 Å². The molecule has 0 N–H and O–H groups in total. The molecule has 39 valence electrons. The van der Waals surface area contributed by atoms with Crippen molar-refractivity contribution in [3.63, 3.8) is 0 Å². The smallest absolute Gasteiger partial charge is 0.112 e. The summed E-state index contributed by atoms with van der Waals surface area (Å²) in [4.78, 5) is 2.36. The highest BCUT2D eigenvalue weighted by Crippen LogP contribution is 1.98. The third-order valence-electron chi connectivity index (χ3n) is 1.43. The molecular weight excluding hydrogens is 84.9 g/mol. The summed E-state index contributed by atoms with van der Waals surface area (Å²) in [6.07, 6.45) is 2.58. The molecule has 1 saturated heterocycles. The van der Waals surface area contributed by atoms with Crippen LogP contribution in [0.5, 0.6) is 0 Å². The van der Waals surface area contributed by atoms with Gasteiger partial charge in [0.15, 0.2) is 0 Å². The number of hydrogen-bond donors (Lipinski definition) is 0. The second-order valence-electron chi connectivity index (χ2n) is 2.17. The van der Waals surface area contributed by atoms with Gasteiger partial charge in [0.05, 0.1) is 0 Å². The van der Waals surface area contributed by atoms with Gasteiger partial charge in [0, 0.05) is 0 Å². The molecule has 1 rings (SSSR count). The fourth-order valence-electron chi connectivity index (χ4n) is 0.879. The molecule has 1 radical (unpaired) electrons. The van der Waals surface area contributed by atoms with E-state index in [9.17, 15) is 0 Å². The highest BCUT2D eigenvalue weighted by molar-refractivity contribution is 6.35. The van der Waals surface area contributed by atoms with Crippen LogP contribution >= 0.6 is 0 Å². The van der Waals surface area contributed by atoms with E-state index in [-0.39, 0.29) is 0 Å². The van der Waals surface area contributed by atoms with Crippen molar-refractivity contribution >= 4 is 7.28 Å². The Labute approximate surface area is 45.9 Å². The van der Waals surface area contributed by atoms with E-state index in [0.29, 0.717) is 0 Å². The first-order valence-electron chi connectivity index (χ1n) is 2.90. The summed E-state index contributed by atoms with van der Waals surface area (Å²) in [7, 11) is 4.53. The first-order chi connectivity index (χ1) is 3.39. The summed E-state index contributed by atoms with van der Waals surface area (Å²) in [6.45, 7) is 2.53. The molecule has 0 spiro atoms. The van der Waals surface area contributed by atoms with E-state index in [1.54, 1.807) is 0 Å². The lowest BCUT2D eigenvalue weighted by atomic mass is 9.69. The van der Waals surface area contributed by atoms with E-state index in [4.69, 9.17) is 0 Å². The van der Waals surface area contributed by atoms with Crippen molar-refractivity contribution in [3.8, 4) is 0 Å². The summed E-state index contributed by atoms with van der Waals surface area (Å²) < 4.78 is 0. The van der Waals surface area contributed by atoms with Gasteiger partial charge in [0.2, 0.25) is 0 Å². The minimum atomic E-state index is 1.26. The maximum Gasteiger partial charge on any atom is 0.112 e. The summed E-state index contributed by atoms with van der Waals surface area (Å²) in [6, 6.07) is 0. The first kappa shape index (κ1) is 5.17. The van der Waals surface area contributed by atoms with Gasteiger partial charge in [-0.15, -0.1) is 0 Å². The zero-order valence-electron chi connectivity index (χ0n) is 4.85. The van der Waals surface area contributed by atoms with Crippen molar-refractivity contribution < 1.29 is 0 Å². The van der Waals surface area contributed by atoms with E-state index in [1.807, 2.05) is 0 Å². The predicted octanol–water partition coefficient (Wildman–Crippen LogP) is 0.473. The third kappa shape index (κ3) is 1.52. The Kier molecular flexibility index (Phi) is 1.74. The van der Waals surface area contributed by atoms with Crippen molar-refractivity contribution in [2.75, 3.05) is 20.1 Å². The summed E-state index contributed by atoms with van der Waals surface area (Å²) in [5, 5.41) is 0. The van der Waals surface area contributed by atoms with Gasteiger partial charge in [-0.2, -0.15) is 0 Å². The fraction of sp³-hybridized carbons (Fsp3) is 1.00. The number of hydrogen-bond acceptors (Lipinski definition) is 1. The van der Waals surface area contributed by atoms with Gasteiger partial charge < -0.3 is 4.90 Å². The Bertz CT molecular complexity index is 50.0. The maximum absolute atomic E-state index is 2.36. The van der Waals surface area contributed by atoms with E-state index in [2.05, 4.69) is 19.2 Å². The largest absolute Gasteiger partial charge is 0.308 e. The van der Waals surface area contributed by atoms with E-state index < -0.39 is 0 Å². The molecule has 0 amide bonds. The lowest BCUT2D eigenvalue weighted by Crippen LogP contribution is -2.27. The Hall–Kier alpha value is 0.0249. The molecule has 0 bridgehead atoms. The van der Waals surface area contributed by atoms with Gasteiger partial charge in [0.25, 0.3) is 0 Å². The first-order valence-corrected chi connectivity index (χ1v) is 2.90. The van der Waals surface area contributed by atoms with Gasteiger partial charge in [-0.1, -0.05) is 12.6 Å². The van der Waals surface area contributed by atoms with Crippen LogP contribution in [0.3, 0.4) is 0 Å². The minimum absolute atomic E-state index is 1.26. The molecule has 1 fully saturated rings. The van der Waals surface area contributed by atoms with Crippen molar-refractivity contribution in [3.05, 3.63) is 0 Å². The Morgan fingerprint density at radius 3 is 2.14 bits per heavy atom. The third-order valence-corrected chi connectivity index (χ3v) is 1.43. The van der Waals surface area contributed by atoms with Crippen LogP contribution in [-0.4, -0.2) is 32.3 Å². The van der Waals surface area contributed by atoms with Gasteiger partial charge in [-0.3, -0.25) is 0 Å². The molecule has 0 atom stereocenters. The second kappa shape index (κ2) is 2.36. The van der Waals surface area contributed by atoms with Crippen LogP contribution in [-0.2, 0) is 0 Å². The molecule has 1 heterocycles. The fourth-order valence-corrected chi connectivity index (χ4v) is 0.879. The predicted molar refractivity (Wildman–Crippen MR) is 32.9 cm³/mol. The molecule has 0 aromatic rings. The molecule has 0 saturated carbocycles. The molecule has 0 aromatic carbocycles. The number of nitrogens with zero attached hydrogens (tertiary/aromatic N) is 1. The van der Waals surface area contributed by atoms with Crippen molar-refractivity contribution in [2.45, 2.75) is 12.6 Å². The zero-order valence-corrected chi connectivity index (χ0v) is 4.85. The van der Waals surface area contributed by atoms with Gasteiger partial charge in [0.1, 0.15) is 7.28 Å². The molecule has 2 heteroatoms. The van der Waals surface area contributed by atoms with Gasteiger partial charge in [-0.25, -0.2) is 0 Å². The normalized spacial score (nSPS) is 24.1. The molecule has 7 heavy (non-hydrogen) atoms. The molecule has 0 aromatic heterocycles. The Morgan fingerprint density at radius 1 is 1.29 bits per heavy atom. The molecule has 1 aliphatic rings. The van der Waals surface area contributed by atoms with Crippen molar-refractivity contribution in [2.24, 2.45) is 0 Å². The van der Waals surface area contributed by atoms with E-state index >= 15 is 0 Å². The van der Waals surface area contributed by atoms with Crippen LogP contribution in [0, 0.1) is 0 Å². The summed E-state index contributed by atoms with van der Waals surface area (Å²) >= 11 is 0. The standard InChI is InChI=1S/C5H11BN/c1-7-4-2-6-3-5-7/h2-5H2,1H3. The van der Waals surface area contributed by atoms with Crippen LogP contribution in [0.25, 0.3) is 0 Å². The van der Waals surface area contributed by atoms with Crippen LogP contribution in [0.2, 0.25) is 12.6 Å². The van der Waals surface area contributed by atoms with Crippen LogP contribution in [0.15, 0.2) is 0 Å². The van der Waals surface area contributed by atoms with Gasteiger partial charge >= 0.3 is 0 Å². The SMILES string of the molecule is CN1CC[B]CC1. The zero-order chi connectivity index (χ0) is 5.11. The summed E-state index contributed by atoms with van der Waals surface area (Å²) in [5.74, 6) is 0.